The summed E-state index contributed by atoms with van der Waals surface area (Å²) in [6.07, 6.45) is 0.956. The zero-order valence-electron chi connectivity index (χ0n) is 14.0. The molecule has 0 bridgehead atoms. The van der Waals surface area contributed by atoms with Gasteiger partial charge in [0, 0.05) is 0 Å². The Morgan fingerprint density at radius 3 is 2.28 bits per heavy atom. The predicted octanol–water partition coefficient (Wildman–Crippen LogP) is 2.89. The number of hydrogen-bond acceptors (Lipinski definition) is 6. The van der Waals surface area contributed by atoms with Gasteiger partial charge in [0.05, 0.1) is 11.5 Å². The predicted molar refractivity (Wildman–Crippen MR) is 95.3 cm³/mol. The average molecular weight is 363 g/mol. The Kier molecular flexibility index (Phi) is 7.78. The van der Waals surface area contributed by atoms with E-state index in [-0.39, 0.29) is 25.7 Å². The number of benzene rings is 1. The van der Waals surface area contributed by atoms with E-state index in [1.54, 1.807) is 29.6 Å². The summed E-state index contributed by atoms with van der Waals surface area (Å²) in [5.74, 6) is 0.679. The molecular weight excluding hydrogens is 342 g/mol. The van der Waals surface area contributed by atoms with Gasteiger partial charge in [-0.15, -0.1) is 11.3 Å². The minimum absolute atomic E-state index is 0.113. The maximum atomic E-state index is 11.7. The Labute approximate surface area is 150 Å². The van der Waals surface area contributed by atoms with Crippen molar-refractivity contribution in [1.29, 1.82) is 0 Å². The summed E-state index contributed by atoms with van der Waals surface area (Å²) in [7, 11) is 0. The van der Waals surface area contributed by atoms with Crippen molar-refractivity contribution in [3.63, 3.8) is 0 Å². The molecule has 2 rings (SSSR count). The average Bonchev–Trinajstić information content (AvgIpc) is 3.17. The summed E-state index contributed by atoms with van der Waals surface area (Å²) >= 11 is 1.31. The van der Waals surface area contributed by atoms with E-state index in [0.29, 0.717) is 17.2 Å². The smallest absolute Gasteiger partial charge is 0.325 e. The van der Waals surface area contributed by atoms with Gasteiger partial charge in [0.15, 0.2) is 0 Å². The Hall–Kier alpha value is -2.54. The molecule has 6 nitrogen and oxygen atoms in total. The van der Waals surface area contributed by atoms with E-state index < -0.39 is 5.97 Å². The van der Waals surface area contributed by atoms with Gasteiger partial charge in [-0.2, -0.15) is 0 Å². The molecule has 0 unspecified atom stereocenters. The van der Waals surface area contributed by atoms with Crippen LogP contribution >= 0.6 is 11.3 Å². The molecule has 0 aliphatic carbocycles. The Morgan fingerprint density at radius 2 is 1.68 bits per heavy atom. The number of thiophene rings is 1. The Bertz CT molecular complexity index is 655. The van der Waals surface area contributed by atoms with Crippen molar-refractivity contribution in [1.82, 2.24) is 5.32 Å². The molecule has 1 heterocycles. The quantitative estimate of drug-likeness (QED) is 0.519. The molecule has 0 fully saturated rings. The highest BCUT2D eigenvalue weighted by Crippen LogP contribution is 2.17. The van der Waals surface area contributed by atoms with Gasteiger partial charge < -0.3 is 19.5 Å². The van der Waals surface area contributed by atoms with Crippen LogP contribution in [0.15, 0.2) is 41.8 Å². The molecule has 1 amide bonds. The fraction of sp³-hybridized carbons (Fsp3) is 0.333. The molecule has 0 saturated carbocycles. The van der Waals surface area contributed by atoms with Crippen LogP contribution in [0.5, 0.6) is 11.5 Å². The molecule has 1 N–H and O–H groups in total. The molecule has 25 heavy (non-hydrogen) atoms. The zero-order valence-corrected chi connectivity index (χ0v) is 14.8. The number of esters is 1. The monoisotopic (exact) mass is 363 g/mol. The minimum atomic E-state index is -0.503. The molecule has 0 aliphatic heterocycles. The summed E-state index contributed by atoms with van der Waals surface area (Å²) < 4.78 is 16.0. The lowest BCUT2D eigenvalue weighted by molar-refractivity contribution is -0.143. The van der Waals surface area contributed by atoms with Gasteiger partial charge in [-0.1, -0.05) is 13.0 Å². The lowest BCUT2D eigenvalue weighted by Gasteiger charge is -2.09. The van der Waals surface area contributed by atoms with E-state index in [9.17, 15) is 9.59 Å². The van der Waals surface area contributed by atoms with E-state index in [4.69, 9.17) is 14.2 Å². The van der Waals surface area contributed by atoms with Gasteiger partial charge >= 0.3 is 5.97 Å². The highest BCUT2D eigenvalue weighted by molar-refractivity contribution is 7.12. The molecular formula is C18H21NO5S. The molecule has 0 atom stereocenters. The molecule has 0 spiro atoms. The number of amides is 1. The summed E-state index contributed by atoms with van der Waals surface area (Å²) in [6.45, 7) is 2.91. The number of carbonyl (C=O) groups is 2. The zero-order chi connectivity index (χ0) is 17.9. The maximum absolute atomic E-state index is 11.7. The maximum Gasteiger partial charge on any atom is 0.325 e. The van der Waals surface area contributed by atoms with Gasteiger partial charge in [0.2, 0.25) is 0 Å². The summed E-state index contributed by atoms with van der Waals surface area (Å²) in [5.41, 5.74) is 0. The molecule has 2 aromatic rings. The third-order valence-electron chi connectivity index (χ3n) is 3.05. The molecule has 0 saturated heterocycles. The van der Waals surface area contributed by atoms with Crippen LogP contribution in [0, 0.1) is 0 Å². The summed E-state index contributed by atoms with van der Waals surface area (Å²) in [4.78, 5) is 23.8. The van der Waals surface area contributed by atoms with Crippen molar-refractivity contribution in [2.45, 2.75) is 13.3 Å². The number of hydrogen-bond donors (Lipinski definition) is 1. The molecule has 7 heteroatoms. The van der Waals surface area contributed by atoms with Gasteiger partial charge in [0.25, 0.3) is 5.91 Å². The van der Waals surface area contributed by atoms with Crippen molar-refractivity contribution < 1.29 is 23.8 Å². The van der Waals surface area contributed by atoms with E-state index in [1.165, 1.54) is 11.3 Å². The van der Waals surface area contributed by atoms with Crippen LogP contribution in [0.2, 0.25) is 0 Å². The third kappa shape index (κ3) is 6.84. The molecule has 134 valence electrons. The number of carbonyl (C=O) groups excluding carboxylic acids is 2. The van der Waals surface area contributed by atoms with Crippen LogP contribution in [0.25, 0.3) is 0 Å². The lowest BCUT2D eigenvalue weighted by Crippen LogP contribution is -2.30. The van der Waals surface area contributed by atoms with Crippen molar-refractivity contribution in [2.75, 3.05) is 26.4 Å². The Balaban J connectivity index is 1.59. The van der Waals surface area contributed by atoms with Crippen LogP contribution in [0.3, 0.4) is 0 Å². The number of ether oxygens (including phenoxy) is 3. The summed E-state index contributed by atoms with van der Waals surface area (Å²) in [5, 5.41) is 4.31. The Morgan fingerprint density at radius 1 is 1.00 bits per heavy atom. The summed E-state index contributed by atoms with van der Waals surface area (Å²) in [6, 6.07) is 10.7. The van der Waals surface area contributed by atoms with Gasteiger partial charge in [-0.3, -0.25) is 9.59 Å². The van der Waals surface area contributed by atoms with E-state index in [2.05, 4.69) is 5.32 Å². The number of rotatable bonds is 10. The van der Waals surface area contributed by atoms with Crippen LogP contribution in [0.1, 0.15) is 23.0 Å². The topological polar surface area (TPSA) is 73.9 Å². The van der Waals surface area contributed by atoms with Gasteiger partial charge in [0.1, 0.15) is 31.3 Å². The molecule has 1 aromatic carbocycles. The molecule has 1 aromatic heterocycles. The van der Waals surface area contributed by atoms with Gasteiger partial charge in [-0.05, 0) is 42.1 Å². The highest BCUT2D eigenvalue weighted by atomic mass is 32.1. The standard InChI is InChI=1S/C18H21NO5S/c1-2-9-22-14-5-7-15(8-6-14)23-10-11-24-17(20)13-19-18(21)16-4-3-12-25-16/h3-8,12H,2,9-11,13H2,1H3,(H,19,21). The van der Waals surface area contributed by atoms with E-state index in [0.717, 1.165) is 12.2 Å². The number of nitrogens with one attached hydrogen (secondary N) is 1. The third-order valence-corrected chi connectivity index (χ3v) is 3.92. The first-order valence-corrected chi connectivity index (χ1v) is 8.90. The second-order valence-electron chi connectivity index (χ2n) is 5.05. The van der Waals surface area contributed by atoms with E-state index >= 15 is 0 Å². The van der Waals surface area contributed by atoms with Crippen LogP contribution < -0.4 is 14.8 Å². The highest BCUT2D eigenvalue weighted by Gasteiger charge is 2.09. The SMILES string of the molecule is CCCOc1ccc(OCCOC(=O)CNC(=O)c2cccs2)cc1. The largest absolute Gasteiger partial charge is 0.494 e. The molecule has 0 radical (unpaired) electrons. The fourth-order valence-corrected chi connectivity index (χ4v) is 2.51. The van der Waals surface area contributed by atoms with Crippen LogP contribution in [0.4, 0.5) is 0 Å². The van der Waals surface area contributed by atoms with E-state index in [1.807, 2.05) is 19.1 Å². The normalized spacial score (nSPS) is 10.1. The van der Waals surface area contributed by atoms with Crippen LogP contribution in [-0.2, 0) is 9.53 Å². The molecule has 0 aliphatic rings. The van der Waals surface area contributed by atoms with Crippen molar-refractivity contribution in [2.24, 2.45) is 0 Å². The van der Waals surface area contributed by atoms with Crippen LogP contribution in [-0.4, -0.2) is 38.2 Å². The minimum Gasteiger partial charge on any atom is -0.494 e. The van der Waals surface area contributed by atoms with Crippen molar-refractivity contribution in [3.8, 4) is 11.5 Å². The first-order valence-electron chi connectivity index (χ1n) is 8.02. The second kappa shape index (κ2) is 10.4. The fourth-order valence-electron chi connectivity index (χ4n) is 1.87. The first-order chi connectivity index (χ1) is 12.2. The lowest BCUT2D eigenvalue weighted by atomic mass is 10.3. The first kappa shape index (κ1) is 18.8. The van der Waals surface area contributed by atoms with Crippen molar-refractivity contribution >= 4 is 23.2 Å². The second-order valence-corrected chi connectivity index (χ2v) is 6.00. The van der Waals surface area contributed by atoms with Crippen molar-refractivity contribution in [3.05, 3.63) is 46.7 Å². The van der Waals surface area contributed by atoms with Gasteiger partial charge in [-0.25, -0.2) is 0 Å².